The number of nitrogens with zero attached hydrogens (tertiary/aromatic N) is 14. The number of para-hydroxylation sites is 4. The van der Waals surface area contributed by atoms with Crippen molar-refractivity contribution in [1.29, 1.82) is 0 Å². The Morgan fingerprint density at radius 1 is 0.114 bits per heavy atom. The highest BCUT2D eigenvalue weighted by Crippen LogP contribution is 2.45. The molecule has 14 heteroatoms. The summed E-state index contributed by atoms with van der Waals surface area (Å²) >= 11 is 0. The van der Waals surface area contributed by atoms with Crippen LogP contribution in [0.5, 0.6) is 0 Å². The quantitative estimate of drug-likeness (QED) is 0.0924. The van der Waals surface area contributed by atoms with E-state index in [2.05, 4.69) is 421 Å². The Bertz CT molecular complexity index is 9180. The van der Waals surface area contributed by atoms with Crippen LogP contribution in [0.1, 0.15) is 0 Å². The standard InChI is InChI=1S/C53H35N3.C47H30N8.C35H23N3/c1-5-14-36(15-6-1)40-24-28-48-44(32-40)45-33-41(37-16-7-2-8-17-37)25-29-49(45)55(48)52-22-13-23-53(54-52)56-50-30-26-42(38-18-9-3-10-19-38)34-46(50)47-35-43(27-31-51(47)56)39-20-11-4-12-21-39;1-3-13-31(14-4-1)46-51-39(29-41(53-46)37-17-7-10-24-48-37)33-20-22-43-35(27-33)36-28-34(21-23-44(36)55(43)45-19-9-12-26-50-45)40-30-42(38-18-8-11-25-49-38)54-47(52-40)32-15-5-2-6-16-32;1-2-12-24(13-3-1)25-22-34(37-30-18-8-4-14-26(30)27-15-5-9-19-31(27)37)36-35(23-25)38-32-20-10-6-16-28(32)29-17-7-11-21-33(29)38/h1-35H;1-30H;1-23H. The lowest BCUT2D eigenvalue weighted by Gasteiger charge is -2.14. The number of aromatic nitrogens is 14. The third-order valence-electron chi connectivity index (χ3n) is 28.3. The second-order valence-electron chi connectivity index (χ2n) is 37.2. The number of rotatable bonds is 16. The first kappa shape index (κ1) is 87.6. The van der Waals surface area contributed by atoms with Gasteiger partial charge >= 0.3 is 0 Å². The van der Waals surface area contributed by atoms with E-state index < -0.39 is 0 Å². The normalized spacial score (nSPS) is 11.5. The molecule has 17 aromatic carbocycles. The van der Waals surface area contributed by atoms with E-state index in [0.29, 0.717) is 11.6 Å². The van der Waals surface area contributed by atoms with Gasteiger partial charge in [-0.1, -0.05) is 346 Å². The van der Waals surface area contributed by atoms with Gasteiger partial charge in [-0.15, -0.1) is 0 Å². The van der Waals surface area contributed by atoms with E-state index in [-0.39, 0.29) is 0 Å². The van der Waals surface area contributed by atoms with Gasteiger partial charge in [0.15, 0.2) is 11.6 Å². The molecule has 0 N–H and O–H groups in total. The van der Waals surface area contributed by atoms with Crippen molar-refractivity contribution in [3.05, 3.63) is 534 Å². The first-order valence-corrected chi connectivity index (χ1v) is 50.0. The van der Waals surface area contributed by atoms with Crippen molar-refractivity contribution in [1.82, 2.24) is 67.7 Å². The summed E-state index contributed by atoms with van der Waals surface area (Å²) < 4.78 is 11.5. The largest absolute Gasteiger partial charge is 0.294 e. The predicted octanol–water partition coefficient (Wildman–Crippen LogP) is 33.4. The highest BCUT2D eigenvalue weighted by molar-refractivity contribution is 6.16. The molecule has 29 rings (SSSR count). The van der Waals surface area contributed by atoms with Crippen molar-refractivity contribution in [2.24, 2.45) is 0 Å². The summed E-state index contributed by atoms with van der Waals surface area (Å²) in [5.74, 6) is 5.66. The predicted molar refractivity (Wildman–Crippen MR) is 611 cm³/mol. The Morgan fingerprint density at radius 2 is 0.349 bits per heavy atom. The summed E-state index contributed by atoms with van der Waals surface area (Å²) in [7, 11) is 0. The van der Waals surface area contributed by atoms with Gasteiger partial charge in [0.1, 0.15) is 29.1 Å². The van der Waals surface area contributed by atoms with Crippen LogP contribution in [0, 0.1) is 0 Å². The van der Waals surface area contributed by atoms with Crippen LogP contribution in [0.4, 0.5) is 0 Å². The van der Waals surface area contributed by atoms with Crippen molar-refractivity contribution in [2.75, 3.05) is 0 Å². The lowest BCUT2D eigenvalue weighted by molar-refractivity contribution is 1.01. The Morgan fingerprint density at radius 3 is 0.658 bits per heavy atom. The minimum absolute atomic E-state index is 0.638. The molecule has 12 heterocycles. The topological polar surface area (TPSA) is 141 Å². The summed E-state index contributed by atoms with van der Waals surface area (Å²) in [6, 6.07) is 180. The molecule has 0 bridgehead atoms. The van der Waals surface area contributed by atoms with Crippen molar-refractivity contribution in [2.45, 2.75) is 0 Å². The maximum atomic E-state index is 5.51. The van der Waals surface area contributed by atoms with Crippen LogP contribution in [-0.2, 0) is 0 Å². The van der Waals surface area contributed by atoms with Crippen LogP contribution >= 0.6 is 0 Å². The van der Waals surface area contributed by atoms with Gasteiger partial charge in [-0.05, 0) is 225 Å². The van der Waals surface area contributed by atoms with Crippen LogP contribution in [0.2, 0.25) is 0 Å². The molecule has 14 nitrogen and oxygen atoms in total. The molecule has 0 unspecified atom stereocenters. The van der Waals surface area contributed by atoms with Crippen molar-refractivity contribution in [3.8, 4) is 153 Å². The molecule has 0 aliphatic rings. The zero-order valence-electron chi connectivity index (χ0n) is 80.6. The van der Waals surface area contributed by atoms with E-state index in [4.69, 9.17) is 34.9 Å². The molecule has 698 valence electrons. The summed E-state index contributed by atoms with van der Waals surface area (Å²) in [6.07, 6.45) is 5.40. The highest BCUT2D eigenvalue weighted by atomic mass is 15.2. The monoisotopic (exact) mass is 1900 g/mol. The Labute approximate surface area is 857 Å². The third-order valence-corrected chi connectivity index (χ3v) is 28.3. The molecule has 0 fully saturated rings. The van der Waals surface area contributed by atoms with Gasteiger partial charge in [-0.2, -0.15) is 0 Å². The molecule has 0 saturated heterocycles. The van der Waals surface area contributed by atoms with Crippen molar-refractivity contribution in [3.63, 3.8) is 0 Å². The van der Waals surface area contributed by atoms with E-state index in [1.807, 2.05) is 134 Å². The van der Waals surface area contributed by atoms with Gasteiger partial charge in [-0.3, -0.25) is 32.8 Å². The van der Waals surface area contributed by atoms with E-state index in [9.17, 15) is 0 Å². The molecular formula is C135H88N14. The van der Waals surface area contributed by atoms with Crippen LogP contribution in [-0.4, -0.2) is 67.7 Å². The summed E-state index contributed by atoms with van der Waals surface area (Å²) in [6.45, 7) is 0. The van der Waals surface area contributed by atoms with Crippen LogP contribution in [0.3, 0.4) is 0 Å². The van der Waals surface area contributed by atoms with Gasteiger partial charge in [0.25, 0.3) is 0 Å². The van der Waals surface area contributed by atoms with Crippen LogP contribution < -0.4 is 0 Å². The number of benzene rings is 17. The maximum Gasteiger partial charge on any atom is 0.160 e. The number of fused-ring (bicyclic) bond motifs is 15. The van der Waals surface area contributed by atoms with E-state index in [1.54, 1.807) is 12.4 Å². The van der Waals surface area contributed by atoms with Gasteiger partial charge < -0.3 is 0 Å². The molecule has 0 radical (unpaired) electrons. The minimum atomic E-state index is 0.638. The molecule has 0 amide bonds. The fraction of sp³-hybridized carbons (Fsp3) is 0. The third kappa shape index (κ3) is 16.3. The van der Waals surface area contributed by atoms with Gasteiger partial charge in [0.2, 0.25) is 0 Å². The summed E-state index contributed by atoms with van der Waals surface area (Å²) in [4.78, 5) is 45.0. The number of hydrogen-bond acceptors (Lipinski definition) is 9. The Kier molecular flexibility index (Phi) is 22.3. The lowest BCUT2D eigenvalue weighted by atomic mass is 10.0. The van der Waals surface area contributed by atoms with Crippen molar-refractivity contribution >= 4 is 109 Å². The minimum Gasteiger partial charge on any atom is -0.294 e. The maximum absolute atomic E-state index is 5.51. The summed E-state index contributed by atoms with van der Waals surface area (Å²) in [5.41, 5.74) is 31.5. The number of hydrogen-bond donors (Lipinski definition) is 0. The number of pyridine rings is 5. The van der Waals surface area contributed by atoms with E-state index in [1.165, 1.54) is 93.2 Å². The fourth-order valence-electron chi connectivity index (χ4n) is 21.3. The molecule has 0 atom stereocenters. The molecular weight excluding hydrogens is 1820 g/mol. The molecule has 0 saturated carbocycles. The average Bonchev–Trinajstić information content (AvgIpc) is 1.58. The SMILES string of the molecule is c1ccc(-c2cc(-n3c4ccccc4c4ccccc43)nc(-n3c4ccccc4c4ccccc43)c2)cc1.c1ccc(-c2ccc3c(c2)c2cc(-c4ccccc4)ccc2n3-c2cccc(-n3c4ccc(-c5ccccc5)cc4c4cc(-c5ccccc5)ccc43)n2)cc1.c1ccc(-c2nc(-c3ccc4c(c3)c3cc(-c5cc(-c6ccccn6)nc(-c6ccccc6)n5)ccc3n4-c3ccccn3)cc(-c3ccccn3)n2)cc1. The highest BCUT2D eigenvalue weighted by Gasteiger charge is 2.26. The van der Waals surface area contributed by atoms with Gasteiger partial charge in [0.05, 0.1) is 89.3 Å². The smallest absolute Gasteiger partial charge is 0.160 e. The van der Waals surface area contributed by atoms with Crippen molar-refractivity contribution < 1.29 is 0 Å². The van der Waals surface area contributed by atoms with Gasteiger partial charge in [0, 0.05) is 94.7 Å². The molecule has 12 aromatic heterocycles. The Hall–Kier alpha value is -20.4. The first-order chi connectivity index (χ1) is 73.9. The lowest BCUT2D eigenvalue weighted by Crippen LogP contribution is -2.04. The molecule has 0 spiro atoms. The molecule has 0 aliphatic carbocycles. The average molecular weight is 1910 g/mol. The molecule has 149 heavy (non-hydrogen) atoms. The zero-order chi connectivity index (χ0) is 98.6. The van der Waals surface area contributed by atoms with Crippen LogP contribution in [0.25, 0.3) is 262 Å². The second kappa shape index (κ2) is 37.8. The molecule has 0 aliphatic heterocycles. The fourth-order valence-corrected chi connectivity index (χ4v) is 21.3. The van der Waals surface area contributed by atoms with E-state index in [0.717, 1.165) is 157 Å². The zero-order valence-corrected chi connectivity index (χ0v) is 80.6. The van der Waals surface area contributed by atoms with Gasteiger partial charge in [-0.25, -0.2) is 34.9 Å². The molecule has 29 aromatic rings. The summed E-state index contributed by atoms with van der Waals surface area (Å²) in [5, 5.41) is 11.8. The second-order valence-corrected chi connectivity index (χ2v) is 37.2. The first-order valence-electron chi connectivity index (χ1n) is 50.0. The van der Waals surface area contributed by atoms with E-state index >= 15 is 0 Å². The van der Waals surface area contributed by atoms with Crippen LogP contribution in [0.15, 0.2) is 534 Å². The Balaban J connectivity index is 0.000000112.